The van der Waals surface area contributed by atoms with Gasteiger partial charge in [-0.3, -0.25) is 4.84 Å². The zero-order chi connectivity index (χ0) is 6.53. The Balaban J connectivity index is 2.08. The Morgan fingerprint density at radius 1 is 1.56 bits per heavy atom. The summed E-state index contributed by atoms with van der Waals surface area (Å²) in [6.07, 6.45) is 3.39. The van der Waals surface area contributed by atoms with Crippen molar-refractivity contribution in [3.63, 3.8) is 0 Å². The molecule has 0 spiro atoms. The summed E-state index contributed by atoms with van der Waals surface area (Å²) in [7, 11) is 1.75. The number of hydroxylamine groups is 1. The maximum Gasteiger partial charge on any atom is 0.177 e. The normalized spacial score (nSPS) is 28.3. The fourth-order valence-corrected chi connectivity index (χ4v) is 0.936. The van der Waals surface area contributed by atoms with Crippen LogP contribution in [0.3, 0.4) is 0 Å². The monoisotopic (exact) mass is 131 g/mol. The van der Waals surface area contributed by atoms with Crippen molar-refractivity contribution < 1.29 is 9.57 Å². The quantitative estimate of drug-likeness (QED) is 0.558. The highest BCUT2D eigenvalue weighted by atomic mass is 16.8. The van der Waals surface area contributed by atoms with Crippen molar-refractivity contribution in [1.82, 2.24) is 5.48 Å². The van der Waals surface area contributed by atoms with Crippen LogP contribution in [0.5, 0.6) is 0 Å². The van der Waals surface area contributed by atoms with Gasteiger partial charge in [0.2, 0.25) is 0 Å². The Bertz CT molecular complexity index is 68.7. The second-order valence-corrected chi connectivity index (χ2v) is 2.12. The number of rotatable bonds is 2. The van der Waals surface area contributed by atoms with Crippen LogP contribution in [0, 0.1) is 0 Å². The third kappa shape index (κ3) is 2.30. The van der Waals surface area contributed by atoms with Crippen LogP contribution >= 0.6 is 0 Å². The van der Waals surface area contributed by atoms with E-state index in [9.17, 15) is 0 Å². The summed E-state index contributed by atoms with van der Waals surface area (Å²) in [4.78, 5) is 5.01. The predicted molar refractivity (Wildman–Crippen MR) is 33.7 cm³/mol. The van der Waals surface area contributed by atoms with Crippen molar-refractivity contribution in [3.05, 3.63) is 0 Å². The van der Waals surface area contributed by atoms with E-state index in [1.807, 2.05) is 0 Å². The molecule has 0 saturated carbocycles. The number of ether oxygens (including phenoxy) is 1. The molecule has 0 amide bonds. The highest BCUT2D eigenvalue weighted by molar-refractivity contribution is 4.52. The minimum atomic E-state index is -0.0104. The maximum atomic E-state index is 5.23. The van der Waals surface area contributed by atoms with Gasteiger partial charge in [-0.05, 0) is 12.8 Å². The van der Waals surface area contributed by atoms with Gasteiger partial charge in [0.05, 0.1) is 0 Å². The van der Waals surface area contributed by atoms with Crippen LogP contribution in [0.4, 0.5) is 0 Å². The van der Waals surface area contributed by atoms with Crippen LogP contribution in [0.2, 0.25) is 0 Å². The molecule has 1 aliphatic rings. The lowest BCUT2D eigenvalue weighted by Gasteiger charge is -2.21. The van der Waals surface area contributed by atoms with E-state index in [0.29, 0.717) is 0 Å². The van der Waals surface area contributed by atoms with Crippen LogP contribution in [-0.2, 0) is 9.57 Å². The van der Waals surface area contributed by atoms with Crippen molar-refractivity contribution in [2.45, 2.75) is 25.6 Å². The highest BCUT2D eigenvalue weighted by Crippen LogP contribution is 2.11. The van der Waals surface area contributed by atoms with Crippen molar-refractivity contribution in [2.24, 2.45) is 0 Å². The Labute approximate surface area is 55.3 Å². The SMILES string of the molecule is CNOC1CCCCO1. The van der Waals surface area contributed by atoms with Gasteiger partial charge in [0.25, 0.3) is 0 Å². The van der Waals surface area contributed by atoms with Gasteiger partial charge < -0.3 is 4.74 Å². The molecule has 1 atom stereocenters. The van der Waals surface area contributed by atoms with Gasteiger partial charge in [-0.1, -0.05) is 0 Å². The first-order valence-corrected chi connectivity index (χ1v) is 3.37. The third-order valence-electron chi connectivity index (χ3n) is 1.39. The summed E-state index contributed by atoms with van der Waals surface area (Å²) in [6, 6.07) is 0. The average molecular weight is 131 g/mol. The van der Waals surface area contributed by atoms with Crippen LogP contribution in [-0.4, -0.2) is 19.9 Å². The van der Waals surface area contributed by atoms with E-state index in [1.54, 1.807) is 7.05 Å². The lowest BCUT2D eigenvalue weighted by Crippen LogP contribution is -2.27. The summed E-state index contributed by atoms with van der Waals surface area (Å²) in [5.74, 6) is 0. The standard InChI is InChI=1S/C6H13NO2/c1-7-9-6-4-2-3-5-8-6/h6-7H,2-5H2,1H3. The number of nitrogens with one attached hydrogen (secondary N) is 1. The van der Waals surface area contributed by atoms with Gasteiger partial charge in [-0.2, -0.15) is 0 Å². The zero-order valence-corrected chi connectivity index (χ0v) is 5.72. The van der Waals surface area contributed by atoms with Crippen LogP contribution in [0.15, 0.2) is 0 Å². The van der Waals surface area contributed by atoms with Crippen LogP contribution in [0.1, 0.15) is 19.3 Å². The van der Waals surface area contributed by atoms with Crippen LogP contribution < -0.4 is 5.48 Å². The topological polar surface area (TPSA) is 30.5 Å². The largest absolute Gasteiger partial charge is 0.351 e. The molecule has 1 rings (SSSR count). The Morgan fingerprint density at radius 2 is 2.44 bits per heavy atom. The zero-order valence-electron chi connectivity index (χ0n) is 5.72. The molecule has 1 saturated heterocycles. The lowest BCUT2D eigenvalue weighted by atomic mass is 10.2. The van der Waals surface area contributed by atoms with Crippen LogP contribution in [0.25, 0.3) is 0 Å². The van der Waals surface area contributed by atoms with E-state index < -0.39 is 0 Å². The Morgan fingerprint density at radius 3 is 3.00 bits per heavy atom. The third-order valence-corrected chi connectivity index (χ3v) is 1.39. The molecule has 0 aliphatic carbocycles. The molecule has 1 aliphatic heterocycles. The van der Waals surface area contributed by atoms with Crippen molar-refractivity contribution in [3.8, 4) is 0 Å². The number of hydrogen-bond acceptors (Lipinski definition) is 3. The first-order chi connectivity index (χ1) is 4.43. The van der Waals surface area contributed by atoms with Crippen molar-refractivity contribution >= 4 is 0 Å². The molecular weight excluding hydrogens is 118 g/mol. The number of hydrogen-bond donors (Lipinski definition) is 1. The van der Waals surface area contributed by atoms with Gasteiger partial charge in [0, 0.05) is 20.1 Å². The molecule has 0 radical (unpaired) electrons. The highest BCUT2D eigenvalue weighted by Gasteiger charge is 2.12. The minimum Gasteiger partial charge on any atom is -0.351 e. The Kier molecular flexibility index (Phi) is 2.97. The second kappa shape index (κ2) is 3.82. The molecule has 3 heteroatoms. The summed E-state index contributed by atoms with van der Waals surface area (Å²) in [5.41, 5.74) is 2.61. The molecule has 0 aromatic rings. The van der Waals surface area contributed by atoms with E-state index >= 15 is 0 Å². The lowest BCUT2D eigenvalue weighted by molar-refractivity contribution is -0.191. The molecule has 3 nitrogen and oxygen atoms in total. The molecule has 0 aromatic carbocycles. The van der Waals surface area contributed by atoms with E-state index in [1.165, 1.54) is 12.8 Å². The fourth-order valence-electron chi connectivity index (χ4n) is 0.936. The van der Waals surface area contributed by atoms with Gasteiger partial charge in [0.1, 0.15) is 0 Å². The summed E-state index contributed by atoms with van der Waals surface area (Å²) in [6.45, 7) is 0.840. The van der Waals surface area contributed by atoms with Crippen molar-refractivity contribution in [1.29, 1.82) is 0 Å². The molecule has 1 fully saturated rings. The van der Waals surface area contributed by atoms with Gasteiger partial charge in [-0.25, -0.2) is 5.48 Å². The molecule has 1 unspecified atom stereocenters. The second-order valence-electron chi connectivity index (χ2n) is 2.12. The average Bonchev–Trinajstić information content (AvgIpc) is 1.91. The molecule has 0 bridgehead atoms. The molecule has 54 valence electrons. The summed E-state index contributed by atoms with van der Waals surface area (Å²) >= 11 is 0. The minimum absolute atomic E-state index is 0.0104. The smallest absolute Gasteiger partial charge is 0.177 e. The van der Waals surface area contributed by atoms with E-state index in [4.69, 9.17) is 9.57 Å². The van der Waals surface area contributed by atoms with E-state index in [-0.39, 0.29) is 6.29 Å². The summed E-state index contributed by atoms with van der Waals surface area (Å²) < 4.78 is 5.23. The summed E-state index contributed by atoms with van der Waals surface area (Å²) in [5, 5.41) is 0. The fraction of sp³-hybridized carbons (Fsp3) is 1.00. The predicted octanol–water partition coefficient (Wildman–Crippen LogP) is 0.664. The van der Waals surface area contributed by atoms with E-state index in [0.717, 1.165) is 13.0 Å². The maximum absolute atomic E-state index is 5.23. The molecule has 0 aromatic heterocycles. The molecule has 1 N–H and O–H groups in total. The van der Waals surface area contributed by atoms with E-state index in [2.05, 4.69) is 5.48 Å². The molecule has 1 heterocycles. The van der Waals surface area contributed by atoms with Gasteiger partial charge in [0.15, 0.2) is 6.29 Å². The van der Waals surface area contributed by atoms with Gasteiger partial charge in [-0.15, -0.1) is 0 Å². The molecular formula is C6H13NO2. The van der Waals surface area contributed by atoms with Crippen molar-refractivity contribution in [2.75, 3.05) is 13.7 Å². The first kappa shape index (κ1) is 6.99. The van der Waals surface area contributed by atoms with Gasteiger partial charge >= 0.3 is 0 Å². The first-order valence-electron chi connectivity index (χ1n) is 3.37. The molecule has 9 heavy (non-hydrogen) atoms. The Hall–Kier alpha value is -0.120.